The summed E-state index contributed by atoms with van der Waals surface area (Å²) in [5, 5.41) is 13.8. The van der Waals surface area contributed by atoms with Gasteiger partial charge in [0.05, 0.1) is 11.0 Å². The molecule has 0 amide bonds. The van der Waals surface area contributed by atoms with Crippen LogP contribution < -0.4 is 5.32 Å². The van der Waals surface area contributed by atoms with E-state index in [2.05, 4.69) is 11.2 Å². The van der Waals surface area contributed by atoms with Gasteiger partial charge in [0.25, 0.3) is 5.69 Å². The van der Waals surface area contributed by atoms with Gasteiger partial charge >= 0.3 is 0 Å². The normalized spacial score (nSPS) is 13.8. The highest BCUT2D eigenvalue weighted by atomic mass is 16.6. The molecule has 0 aliphatic rings. The number of terminal acetylenes is 1. The molecule has 1 aromatic carbocycles. The number of nitro groups is 1. The molecular weight excluding hydrogens is 204 g/mol. The third-order valence-corrected chi connectivity index (χ3v) is 2.33. The summed E-state index contributed by atoms with van der Waals surface area (Å²) in [6.45, 7) is 3.79. The Morgan fingerprint density at radius 1 is 1.50 bits per heavy atom. The average Bonchev–Trinajstić information content (AvgIpc) is 2.28. The molecule has 2 atom stereocenters. The Labute approximate surface area is 94.8 Å². The zero-order valence-electron chi connectivity index (χ0n) is 9.31. The number of nitro benzene ring substituents is 1. The van der Waals surface area contributed by atoms with E-state index in [0.29, 0.717) is 0 Å². The van der Waals surface area contributed by atoms with Crippen molar-refractivity contribution in [3.05, 3.63) is 39.9 Å². The van der Waals surface area contributed by atoms with Gasteiger partial charge in [-0.2, -0.15) is 0 Å². The van der Waals surface area contributed by atoms with E-state index in [1.165, 1.54) is 6.07 Å². The maximum Gasteiger partial charge on any atom is 0.269 e. The van der Waals surface area contributed by atoms with Crippen LogP contribution in [0.2, 0.25) is 0 Å². The lowest BCUT2D eigenvalue weighted by Gasteiger charge is -2.16. The number of rotatable bonds is 4. The molecule has 1 aromatic rings. The second-order valence-electron chi connectivity index (χ2n) is 3.63. The molecule has 2 unspecified atom stereocenters. The lowest BCUT2D eigenvalue weighted by Crippen LogP contribution is -2.27. The summed E-state index contributed by atoms with van der Waals surface area (Å²) in [5.74, 6) is 2.56. The fourth-order valence-corrected chi connectivity index (χ4v) is 1.43. The van der Waals surface area contributed by atoms with Crippen molar-refractivity contribution in [3.8, 4) is 12.3 Å². The summed E-state index contributed by atoms with van der Waals surface area (Å²) < 4.78 is 0. The first-order valence-electron chi connectivity index (χ1n) is 5.01. The van der Waals surface area contributed by atoms with Gasteiger partial charge in [-0.3, -0.25) is 15.4 Å². The molecule has 1 N–H and O–H groups in total. The SMILES string of the molecule is C#CC(C)NC(C)c1cccc([N+](=O)[O-])c1. The first-order valence-corrected chi connectivity index (χ1v) is 5.01. The molecule has 0 spiro atoms. The van der Waals surface area contributed by atoms with Gasteiger partial charge in [0.2, 0.25) is 0 Å². The highest BCUT2D eigenvalue weighted by molar-refractivity contribution is 5.35. The Bertz CT molecular complexity index is 423. The van der Waals surface area contributed by atoms with Crippen molar-refractivity contribution in [2.75, 3.05) is 0 Å². The number of non-ortho nitro benzene ring substituents is 1. The second-order valence-corrected chi connectivity index (χ2v) is 3.63. The first kappa shape index (κ1) is 12.2. The lowest BCUT2D eigenvalue weighted by atomic mass is 10.1. The van der Waals surface area contributed by atoms with E-state index < -0.39 is 4.92 Å². The van der Waals surface area contributed by atoms with Crippen molar-refractivity contribution in [1.82, 2.24) is 5.32 Å². The molecule has 0 bridgehead atoms. The maximum absolute atomic E-state index is 10.6. The Kier molecular flexibility index (Phi) is 4.03. The molecule has 0 aliphatic carbocycles. The van der Waals surface area contributed by atoms with E-state index in [-0.39, 0.29) is 17.8 Å². The molecule has 0 heterocycles. The van der Waals surface area contributed by atoms with Crippen LogP contribution in [-0.4, -0.2) is 11.0 Å². The zero-order chi connectivity index (χ0) is 12.1. The van der Waals surface area contributed by atoms with Crippen LogP contribution in [0.4, 0.5) is 5.69 Å². The van der Waals surface area contributed by atoms with Gasteiger partial charge in [-0.15, -0.1) is 6.42 Å². The molecule has 0 radical (unpaired) electrons. The van der Waals surface area contributed by atoms with E-state index in [9.17, 15) is 10.1 Å². The van der Waals surface area contributed by atoms with Crippen LogP contribution >= 0.6 is 0 Å². The second kappa shape index (κ2) is 5.29. The summed E-state index contributed by atoms with van der Waals surface area (Å²) in [6.07, 6.45) is 5.26. The zero-order valence-corrected chi connectivity index (χ0v) is 9.31. The molecule has 0 saturated carbocycles. The van der Waals surface area contributed by atoms with Gasteiger partial charge in [0.15, 0.2) is 0 Å². The lowest BCUT2D eigenvalue weighted by molar-refractivity contribution is -0.384. The van der Waals surface area contributed by atoms with Crippen molar-refractivity contribution < 1.29 is 4.92 Å². The fraction of sp³-hybridized carbons (Fsp3) is 0.333. The van der Waals surface area contributed by atoms with Crippen LogP contribution in [-0.2, 0) is 0 Å². The van der Waals surface area contributed by atoms with E-state index >= 15 is 0 Å². The van der Waals surface area contributed by atoms with E-state index in [1.54, 1.807) is 12.1 Å². The summed E-state index contributed by atoms with van der Waals surface area (Å²) in [5.41, 5.74) is 0.954. The van der Waals surface area contributed by atoms with Crippen LogP contribution in [0, 0.1) is 22.5 Å². The van der Waals surface area contributed by atoms with E-state index in [4.69, 9.17) is 6.42 Å². The van der Waals surface area contributed by atoms with Crippen molar-refractivity contribution in [2.45, 2.75) is 25.9 Å². The standard InChI is InChI=1S/C12H14N2O2/c1-4-9(2)13-10(3)11-6-5-7-12(8-11)14(15)16/h1,5-10,13H,2-3H3. The van der Waals surface area contributed by atoms with Gasteiger partial charge in [-0.05, 0) is 19.4 Å². The smallest absolute Gasteiger partial charge is 0.269 e. The Hall–Kier alpha value is -1.86. The summed E-state index contributed by atoms with van der Waals surface area (Å²) >= 11 is 0. The monoisotopic (exact) mass is 218 g/mol. The third-order valence-electron chi connectivity index (χ3n) is 2.33. The Balaban J connectivity index is 2.84. The highest BCUT2D eigenvalue weighted by Crippen LogP contribution is 2.19. The summed E-state index contributed by atoms with van der Waals surface area (Å²) in [6, 6.07) is 6.47. The van der Waals surface area contributed by atoms with E-state index in [1.807, 2.05) is 19.9 Å². The van der Waals surface area contributed by atoms with Crippen LogP contribution in [0.1, 0.15) is 25.5 Å². The minimum Gasteiger partial charge on any atom is -0.297 e. The van der Waals surface area contributed by atoms with Gasteiger partial charge < -0.3 is 0 Å². The third kappa shape index (κ3) is 3.07. The summed E-state index contributed by atoms with van der Waals surface area (Å²) in [7, 11) is 0. The molecule has 0 saturated heterocycles. The molecule has 1 rings (SSSR count). The topological polar surface area (TPSA) is 55.2 Å². The quantitative estimate of drug-likeness (QED) is 0.479. The van der Waals surface area contributed by atoms with Crippen molar-refractivity contribution in [2.24, 2.45) is 0 Å². The van der Waals surface area contributed by atoms with Crippen LogP contribution in [0.25, 0.3) is 0 Å². The van der Waals surface area contributed by atoms with Crippen LogP contribution in [0.5, 0.6) is 0 Å². The molecular formula is C12H14N2O2. The number of hydrogen-bond donors (Lipinski definition) is 1. The van der Waals surface area contributed by atoms with Crippen molar-refractivity contribution >= 4 is 5.69 Å². The maximum atomic E-state index is 10.6. The van der Waals surface area contributed by atoms with Crippen molar-refractivity contribution in [3.63, 3.8) is 0 Å². The highest BCUT2D eigenvalue weighted by Gasteiger charge is 2.11. The number of hydrogen-bond acceptors (Lipinski definition) is 3. The minimum absolute atomic E-state index is 0.00838. The number of nitrogens with zero attached hydrogens (tertiary/aromatic N) is 1. The van der Waals surface area contributed by atoms with Crippen LogP contribution in [0.3, 0.4) is 0 Å². The fourth-order valence-electron chi connectivity index (χ4n) is 1.43. The number of nitrogens with one attached hydrogen (secondary N) is 1. The predicted molar refractivity (Wildman–Crippen MR) is 62.9 cm³/mol. The molecule has 0 fully saturated rings. The molecule has 0 aliphatic heterocycles. The van der Waals surface area contributed by atoms with Gasteiger partial charge in [-0.25, -0.2) is 0 Å². The van der Waals surface area contributed by atoms with Gasteiger partial charge in [0.1, 0.15) is 0 Å². The predicted octanol–water partition coefficient (Wildman–Crippen LogP) is 2.27. The molecule has 4 heteroatoms. The summed E-state index contributed by atoms with van der Waals surface area (Å²) in [4.78, 5) is 10.2. The molecule has 4 nitrogen and oxygen atoms in total. The van der Waals surface area contributed by atoms with Gasteiger partial charge in [-0.1, -0.05) is 18.1 Å². The van der Waals surface area contributed by atoms with E-state index in [0.717, 1.165) is 5.56 Å². The molecule has 16 heavy (non-hydrogen) atoms. The number of benzene rings is 1. The average molecular weight is 218 g/mol. The molecule has 0 aromatic heterocycles. The Morgan fingerprint density at radius 2 is 2.19 bits per heavy atom. The molecule has 84 valence electrons. The largest absolute Gasteiger partial charge is 0.297 e. The van der Waals surface area contributed by atoms with Crippen molar-refractivity contribution in [1.29, 1.82) is 0 Å². The first-order chi connectivity index (χ1) is 7.54. The minimum atomic E-state index is -0.402. The Morgan fingerprint density at radius 3 is 2.75 bits per heavy atom. The van der Waals surface area contributed by atoms with Gasteiger partial charge in [0, 0.05) is 18.2 Å². The van der Waals surface area contributed by atoms with Crippen LogP contribution in [0.15, 0.2) is 24.3 Å².